The van der Waals surface area contributed by atoms with Crippen molar-refractivity contribution in [3.05, 3.63) is 27.7 Å². The summed E-state index contributed by atoms with van der Waals surface area (Å²) in [5.41, 5.74) is 5.96. The van der Waals surface area contributed by atoms with Gasteiger partial charge >= 0.3 is 5.97 Å². The Hall–Kier alpha value is -1.46. The van der Waals surface area contributed by atoms with E-state index in [1.54, 1.807) is 4.90 Å². The summed E-state index contributed by atoms with van der Waals surface area (Å²) in [5.74, 6) is -0.998. The predicted molar refractivity (Wildman–Crippen MR) is 83.7 cm³/mol. The number of anilines is 1. The van der Waals surface area contributed by atoms with E-state index in [0.29, 0.717) is 18.8 Å². The van der Waals surface area contributed by atoms with Gasteiger partial charge in [0, 0.05) is 18.8 Å². The normalized spacial score (nSPS) is 11.9. The summed E-state index contributed by atoms with van der Waals surface area (Å²) in [6, 6.07) is 2.80. The third kappa shape index (κ3) is 4.25. The number of ether oxygens (including phenoxy) is 1. The Kier molecular flexibility index (Phi) is 6.30. The molecule has 116 valence electrons. The van der Waals surface area contributed by atoms with E-state index in [1.165, 1.54) is 19.1 Å². The molecular weight excluding hydrogens is 315 g/mol. The Morgan fingerprint density at radius 2 is 1.86 bits per heavy atom. The van der Waals surface area contributed by atoms with Gasteiger partial charge in [0.2, 0.25) is 0 Å². The number of hydrogen-bond acceptors (Lipinski definition) is 4. The molecule has 0 spiro atoms. The number of benzene rings is 1. The van der Waals surface area contributed by atoms with Crippen LogP contribution in [0.3, 0.4) is 0 Å². The summed E-state index contributed by atoms with van der Waals surface area (Å²) in [4.78, 5) is 25.7. The number of halogens is 2. The minimum absolute atomic E-state index is 0.0425. The molecule has 0 aliphatic rings. The van der Waals surface area contributed by atoms with E-state index in [1.807, 2.05) is 13.8 Å². The average molecular weight is 333 g/mol. The molecule has 21 heavy (non-hydrogen) atoms. The van der Waals surface area contributed by atoms with Crippen molar-refractivity contribution in [1.82, 2.24) is 4.90 Å². The summed E-state index contributed by atoms with van der Waals surface area (Å²) in [6.45, 7) is 6.31. The highest BCUT2D eigenvalue weighted by Gasteiger charge is 2.24. The Morgan fingerprint density at radius 3 is 2.38 bits per heavy atom. The van der Waals surface area contributed by atoms with Crippen LogP contribution in [-0.2, 0) is 9.53 Å². The zero-order valence-corrected chi connectivity index (χ0v) is 13.7. The van der Waals surface area contributed by atoms with Crippen molar-refractivity contribution in [2.75, 3.05) is 18.8 Å². The highest BCUT2D eigenvalue weighted by molar-refractivity contribution is 6.44. The first-order chi connectivity index (χ1) is 9.81. The van der Waals surface area contributed by atoms with E-state index >= 15 is 0 Å². The molecule has 1 amide bonds. The molecule has 5 nitrogen and oxygen atoms in total. The van der Waals surface area contributed by atoms with Gasteiger partial charge in [0.15, 0.2) is 6.10 Å². The summed E-state index contributed by atoms with van der Waals surface area (Å²) in [5, 5.41) is 0.213. The van der Waals surface area contributed by atoms with Gasteiger partial charge in [-0.15, -0.1) is 0 Å². The predicted octanol–water partition coefficient (Wildman–Crippen LogP) is 2.99. The summed E-state index contributed by atoms with van der Waals surface area (Å²) in [6.07, 6.45) is -0.909. The first kappa shape index (κ1) is 17.6. The number of nitrogens with zero attached hydrogens (tertiary/aromatic N) is 1. The molecule has 0 radical (unpaired) electrons. The average Bonchev–Trinajstić information content (AvgIpc) is 2.43. The number of nitrogen functional groups attached to an aromatic ring is 1. The molecule has 0 bridgehead atoms. The van der Waals surface area contributed by atoms with Gasteiger partial charge in [0.25, 0.3) is 5.91 Å². The van der Waals surface area contributed by atoms with Crippen LogP contribution in [0.5, 0.6) is 0 Å². The zero-order valence-electron chi connectivity index (χ0n) is 12.2. The molecule has 0 aliphatic carbocycles. The Bertz CT molecular complexity index is 545. The van der Waals surface area contributed by atoms with Crippen molar-refractivity contribution in [3.63, 3.8) is 0 Å². The number of amides is 1. The van der Waals surface area contributed by atoms with Gasteiger partial charge in [0.05, 0.1) is 15.6 Å². The SMILES string of the molecule is CCN(CC)C(=O)C(C)OC(=O)c1cc(N)cc(Cl)c1Cl. The van der Waals surface area contributed by atoms with Crippen LogP contribution in [0.2, 0.25) is 10.0 Å². The third-order valence-corrected chi connectivity index (χ3v) is 3.78. The standard InChI is InChI=1S/C14H18Cl2N2O3/c1-4-18(5-2)13(19)8(3)21-14(20)10-6-9(17)7-11(15)12(10)16/h6-8H,4-5,17H2,1-3H3. The Balaban J connectivity index is 2.89. The second-order valence-corrected chi connectivity index (χ2v) is 5.21. The van der Waals surface area contributed by atoms with E-state index in [9.17, 15) is 9.59 Å². The van der Waals surface area contributed by atoms with Crippen molar-refractivity contribution in [1.29, 1.82) is 0 Å². The molecule has 1 atom stereocenters. The maximum atomic E-state index is 12.1. The van der Waals surface area contributed by atoms with Gasteiger partial charge in [-0.1, -0.05) is 23.2 Å². The number of likely N-dealkylation sites (N-methyl/N-ethyl adjacent to an activating group) is 1. The Labute approximate surface area is 133 Å². The van der Waals surface area contributed by atoms with Crippen molar-refractivity contribution < 1.29 is 14.3 Å². The minimum atomic E-state index is -0.909. The summed E-state index contributed by atoms with van der Waals surface area (Å²) < 4.78 is 5.14. The fourth-order valence-corrected chi connectivity index (χ4v) is 2.24. The van der Waals surface area contributed by atoms with Crippen molar-refractivity contribution in [2.45, 2.75) is 26.9 Å². The molecular formula is C14H18Cl2N2O3. The minimum Gasteiger partial charge on any atom is -0.449 e. The van der Waals surface area contributed by atoms with Crippen LogP contribution in [-0.4, -0.2) is 36.0 Å². The van der Waals surface area contributed by atoms with Crippen LogP contribution >= 0.6 is 23.2 Å². The summed E-state index contributed by atoms with van der Waals surface area (Å²) >= 11 is 11.8. The van der Waals surface area contributed by atoms with E-state index in [0.717, 1.165) is 0 Å². The molecule has 1 unspecified atom stereocenters. The van der Waals surface area contributed by atoms with Crippen LogP contribution in [0, 0.1) is 0 Å². The third-order valence-electron chi connectivity index (χ3n) is 2.98. The van der Waals surface area contributed by atoms with Crippen LogP contribution in [0.15, 0.2) is 12.1 Å². The second-order valence-electron chi connectivity index (χ2n) is 4.42. The number of carbonyl (C=O) groups excluding carboxylic acids is 2. The van der Waals surface area contributed by atoms with E-state index in [2.05, 4.69) is 0 Å². The largest absolute Gasteiger partial charge is 0.449 e. The number of nitrogens with two attached hydrogens (primary N) is 1. The lowest BCUT2D eigenvalue weighted by atomic mass is 10.2. The van der Waals surface area contributed by atoms with Crippen LogP contribution in [0.4, 0.5) is 5.69 Å². The molecule has 0 heterocycles. The maximum absolute atomic E-state index is 12.1. The molecule has 1 rings (SSSR count). The van der Waals surface area contributed by atoms with E-state index in [4.69, 9.17) is 33.7 Å². The molecule has 0 fully saturated rings. The van der Waals surface area contributed by atoms with Crippen molar-refractivity contribution in [2.24, 2.45) is 0 Å². The van der Waals surface area contributed by atoms with Crippen LogP contribution in [0.1, 0.15) is 31.1 Å². The molecule has 1 aromatic rings. The van der Waals surface area contributed by atoms with Gasteiger partial charge in [-0.05, 0) is 32.9 Å². The quantitative estimate of drug-likeness (QED) is 0.664. The molecule has 7 heteroatoms. The van der Waals surface area contributed by atoms with Gasteiger partial charge in [0.1, 0.15) is 0 Å². The smallest absolute Gasteiger partial charge is 0.340 e. The molecule has 2 N–H and O–H groups in total. The van der Waals surface area contributed by atoms with Gasteiger partial charge in [-0.25, -0.2) is 4.79 Å². The fourth-order valence-electron chi connectivity index (χ4n) is 1.83. The zero-order chi connectivity index (χ0) is 16.2. The number of rotatable bonds is 5. The first-order valence-electron chi connectivity index (χ1n) is 6.56. The number of esters is 1. The molecule has 1 aromatic carbocycles. The Morgan fingerprint density at radius 1 is 1.29 bits per heavy atom. The van der Waals surface area contributed by atoms with E-state index < -0.39 is 12.1 Å². The molecule has 0 saturated heterocycles. The second kappa shape index (κ2) is 7.52. The molecule has 0 aliphatic heterocycles. The summed E-state index contributed by atoms with van der Waals surface area (Å²) in [7, 11) is 0. The maximum Gasteiger partial charge on any atom is 0.340 e. The first-order valence-corrected chi connectivity index (χ1v) is 7.31. The van der Waals surface area contributed by atoms with Gasteiger partial charge in [-0.3, -0.25) is 4.79 Å². The van der Waals surface area contributed by atoms with Gasteiger partial charge in [-0.2, -0.15) is 0 Å². The van der Waals surface area contributed by atoms with Crippen LogP contribution in [0.25, 0.3) is 0 Å². The lowest BCUT2D eigenvalue weighted by molar-refractivity contribution is -0.139. The highest BCUT2D eigenvalue weighted by Crippen LogP contribution is 2.29. The number of hydrogen-bond donors (Lipinski definition) is 1. The van der Waals surface area contributed by atoms with Crippen LogP contribution < -0.4 is 5.73 Å². The number of carbonyl (C=O) groups is 2. The van der Waals surface area contributed by atoms with E-state index in [-0.39, 0.29) is 21.5 Å². The van der Waals surface area contributed by atoms with Gasteiger partial charge < -0.3 is 15.4 Å². The molecule has 0 aromatic heterocycles. The molecule has 0 saturated carbocycles. The highest BCUT2D eigenvalue weighted by atomic mass is 35.5. The lowest BCUT2D eigenvalue weighted by Crippen LogP contribution is -2.39. The fraction of sp³-hybridized carbons (Fsp3) is 0.429. The monoisotopic (exact) mass is 332 g/mol. The topological polar surface area (TPSA) is 72.6 Å². The van der Waals surface area contributed by atoms with Crippen molar-refractivity contribution >= 4 is 40.8 Å². The van der Waals surface area contributed by atoms with Crippen molar-refractivity contribution in [3.8, 4) is 0 Å². The lowest BCUT2D eigenvalue weighted by Gasteiger charge is -2.22.